The zero-order valence-corrected chi connectivity index (χ0v) is 17.5. The van der Waals surface area contributed by atoms with Crippen molar-refractivity contribution in [1.29, 1.82) is 0 Å². The second-order valence-corrected chi connectivity index (χ2v) is 7.13. The normalized spacial score (nSPS) is 11.3. The van der Waals surface area contributed by atoms with Crippen LogP contribution in [0.1, 0.15) is 97.8 Å². The largest absolute Gasteiger partial charge is 0.365 e. The fourth-order valence-electron chi connectivity index (χ4n) is 2.56. The van der Waals surface area contributed by atoms with Gasteiger partial charge in [-0.1, -0.05) is 89.3 Å². The maximum absolute atomic E-state index is 4.48. The van der Waals surface area contributed by atoms with Crippen LogP contribution in [0, 0.1) is 0 Å². The molecule has 0 atom stereocenters. The van der Waals surface area contributed by atoms with E-state index in [9.17, 15) is 0 Å². The van der Waals surface area contributed by atoms with Crippen LogP contribution in [0.15, 0.2) is 4.99 Å². The van der Waals surface area contributed by atoms with Crippen LogP contribution in [0.4, 0.5) is 0 Å². The molecule has 0 heterocycles. The van der Waals surface area contributed by atoms with Crippen molar-refractivity contribution in [3.63, 3.8) is 0 Å². The highest BCUT2D eigenvalue weighted by Crippen LogP contribution is 2.13. The van der Waals surface area contributed by atoms with E-state index < -0.39 is 0 Å². The maximum Gasteiger partial charge on any atom is 0.156 e. The molecule has 0 aliphatic rings. The van der Waals surface area contributed by atoms with E-state index in [0.717, 1.165) is 18.3 Å². The number of unbranched alkanes of at least 4 members (excludes halogenated alkanes) is 11. The molecule has 23 heavy (non-hydrogen) atoms. The van der Waals surface area contributed by atoms with Crippen LogP contribution in [0.3, 0.4) is 0 Å². The van der Waals surface area contributed by atoms with Gasteiger partial charge in [0.1, 0.15) is 0 Å². The second kappa shape index (κ2) is 22.1. The van der Waals surface area contributed by atoms with Crippen molar-refractivity contribution in [3.05, 3.63) is 0 Å². The van der Waals surface area contributed by atoms with Crippen molar-refractivity contribution in [3.8, 4) is 0 Å². The van der Waals surface area contributed by atoms with Crippen molar-refractivity contribution in [2.75, 3.05) is 18.8 Å². The van der Waals surface area contributed by atoms with Crippen LogP contribution in [0.5, 0.6) is 0 Å². The van der Waals surface area contributed by atoms with Gasteiger partial charge in [-0.2, -0.15) is 0 Å². The summed E-state index contributed by atoms with van der Waals surface area (Å²) in [6.07, 6.45) is 17.1. The maximum atomic E-state index is 4.48. The summed E-state index contributed by atoms with van der Waals surface area (Å²) in [5.74, 6) is 1.21. The summed E-state index contributed by atoms with van der Waals surface area (Å²) in [7, 11) is 0. The first-order valence-electron chi connectivity index (χ1n) is 9.76. The van der Waals surface area contributed by atoms with Gasteiger partial charge in [-0.3, -0.25) is 4.99 Å². The first kappa shape index (κ1) is 25.4. The summed E-state index contributed by atoms with van der Waals surface area (Å²) in [5.41, 5.74) is 0. The molecule has 0 aromatic heterocycles. The molecular weight excluding hydrogens is 324 g/mol. The summed E-state index contributed by atoms with van der Waals surface area (Å²) in [6.45, 7) is 8.38. The van der Waals surface area contributed by atoms with E-state index in [-0.39, 0.29) is 12.4 Å². The topological polar surface area (TPSA) is 24.4 Å². The minimum atomic E-state index is 0. The lowest BCUT2D eigenvalue weighted by atomic mass is 10.1. The Kier molecular flexibility index (Phi) is 24.4. The number of aliphatic imine (C=N–C) groups is 1. The van der Waals surface area contributed by atoms with Gasteiger partial charge in [0.15, 0.2) is 5.17 Å². The molecule has 0 aliphatic carbocycles. The number of nitrogens with zero attached hydrogens (tertiary/aromatic N) is 1. The average Bonchev–Trinajstić information content (AvgIpc) is 2.52. The van der Waals surface area contributed by atoms with Gasteiger partial charge in [-0.15, -0.1) is 12.4 Å². The van der Waals surface area contributed by atoms with Crippen LogP contribution in [0.25, 0.3) is 0 Å². The van der Waals surface area contributed by atoms with Gasteiger partial charge < -0.3 is 5.32 Å². The molecule has 0 aliphatic heterocycles. The van der Waals surface area contributed by atoms with E-state index in [4.69, 9.17) is 0 Å². The van der Waals surface area contributed by atoms with Gasteiger partial charge in [0, 0.05) is 18.8 Å². The van der Waals surface area contributed by atoms with Crippen molar-refractivity contribution in [1.82, 2.24) is 5.32 Å². The minimum Gasteiger partial charge on any atom is -0.365 e. The Hall–Kier alpha value is 0.110. The number of nitrogens with one attached hydrogen (secondary N) is 1. The Morgan fingerprint density at radius 2 is 1.22 bits per heavy atom. The molecular formula is C19H41ClN2S. The van der Waals surface area contributed by atoms with E-state index in [1.165, 1.54) is 82.8 Å². The molecule has 1 N–H and O–H groups in total. The summed E-state index contributed by atoms with van der Waals surface area (Å²) in [4.78, 5) is 4.48. The molecule has 0 saturated heterocycles. The third-order valence-electron chi connectivity index (χ3n) is 3.87. The number of hydrogen-bond acceptors (Lipinski definition) is 2. The predicted octanol–water partition coefficient (Wildman–Crippen LogP) is 6.83. The molecule has 2 nitrogen and oxygen atoms in total. The third-order valence-corrected chi connectivity index (χ3v) is 4.91. The molecule has 0 radical (unpaired) electrons. The van der Waals surface area contributed by atoms with Crippen LogP contribution in [-0.2, 0) is 0 Å². The zero-order chi connectivity index (χ0) is 16.3. The Bertz CT molecular complexity index is 248. The van der Waals surface area contributed by atoms with Gasteiger partial charge in [-0.05, 0) is 20.3 Å². The highest BCUT2D eigenvalue weighted by Gasteiger charge is 1.98. The average molecular weight is 365 g/mol. The second-order valence-electron chi connectivity index (χ2n) is 6.05. The first-order valence-corrected chi connectivity index (χ1v) is 10.7. The van der Waals surface area contributed by atoms with Crippen molar-refractivity contribution in [2.45, 2.75) is 97.8 Å². The molecule has 140 valence electrons. The Morgan fingerprint density at radius 1 is 0.739 bits per heavy atom. The van der Waals surface area contributed by atoms with Crippen LogP contribution in [-0.4, -0.2) is 24.0 Å². The fourth-order valence-corrected chi connectivity index (χ4v) is 3.57. The van der Waals surface area contributed by atoms with Crippen molar-refractivity contribution in [2.24, 2.45) is 4.99 Å². The number of thioether (sulfide) groups is 1. The summed E-state index contributed by atoms with van der Waals surface area (Å²) in [6, 6.07) is 0. The molecule has 0 aromatic rings. The number of rotatable bonds is 15. The molecule has 0 unspecified atom stereocenters. The van der Waals surface area contributed by atoms with E-state index in [0.29, 0.717) is 0 Å². The monoisotopic (exact) mass is 364 g/mol. The summed E-state index contributed by atoms with van der Waals surface area (Å²) in [5, 5.41) is 4.47. The summed E-state index contributed by atoms with van der Waals surface area (Å²) < 4.78 is 0. The van der Waals surface area contributed by atoms with E-state index in [2.05, 4.69) is 31.1 Å². The molecule has 0 rings (SSSR count). The molecule has 0 amide bonds. The van der Waals surface area contributed by atoms with Crippen molar-refractivity contribution >= 4 is 29.3 Å². The van der Waals surface area contributed by atoms with Gasteiger partial charge >= 0.3 is 0 Å². The lowest BCUT2D eigenvalue weighted by Gasteiger charge is -2.07. The van der Waals surface area contributed by atoms with Crippen LogP contribution >= 0.6 is 24.2 Å². The molecule has 0 saturated carbocycles. The molecule has 0 aromatic carbocycles. The van der Waals surface area contributed by atoms with Crippen LogP contribution < -0.4 is 5.32 Å². The SMILES string of the molecule is CCCCCCCCCCCCCCSC(=NCC)NCC.Cl. The van der Waals surface area contributed by atoms with Gasteiger partial charge in [0.2, 0.25) is 0 Å². The Morgan fingerprint density at radius 3 is 1.65 bits per heavy atom. The van der Waals surface area contributed by atoms with Gasteiger partial charge in [0.25, 0.3) is 0 Å². The minimum absolute atomic E-state index is 0. The zero-order valence-electron chi connectivity index (χ0n) is 15.9. The predicted molar refractivity (Wildman–Crippen MR) is 112 cm³/mol. The number of amidine groups is 1. The first-order chi connectivity index (χ1) is 10.8. The molecule has 4 heteroatoms. The van der Waals surface area contributed by atoms with Gasteiger partial charge in [0.05, 0.1) is 0 Å². The standard InChI is InChI=1S/C19H40N2S.ClH/c1-4-7-8-9-10-11-12-13-14-15-16-17-18-22-19(20-5-2)21-6-3;/h4-18H2,1-3H3,(H,20,21);1H. The summed E-state index contributed by atoms with van der Waals surface area (Å²) >= 11 is 1.89. The third kappa shape index (κ3) is 20.1. The lowest BCUT2D eigenvalue weighted by molar-refractivity contribution is 0.548. The number of hydrogen-bond donors (Lipinski definition) is 1. The number of halogens is 1. The molecule has 0 spiro atoms. The van der Waals surface area contributed by atoms with Crippen molar-refractivity contribution < 1.29 is 0 Å². The van der Waals surface area contributed by atoms with E-state index >= 15 is 0 Å². The molecule has 0 fully saturated rings. The Balaban J connectivity index is 0. The van der Waals surface area contributed by atoms with E-state index in [1.54, 1.807) is 0 Å². The highest BCUT2D eigenvalue weighted by molar-refractivity contribution is 8.13. The lowest BCUT2D eigenvalue weighted by Crippen LogP contribution is -2.20. The Labute approximate surface area is 156 Å². The highest BCUT2D eigenvalue weighted by atomic mass is 35.5. The van der Waals surface area contributed by atoms with Crippen LogP contribution in [0.2, 0.25) is 0 Å². The fraction of sp³-hybridized carbons (Fsp3) is 0.947. The smallest absolute Gasteiger partial charge is 0.156 e. The van der Waals surface area contributed by atoms with Gasteiger partial charge in [-0.25, -0.2) is 0 Å². The quantitative estimate of drug-likeness (QED) is 0.195. The van der Waals surface area contributed by atoms with E-state index in [1.807, 2.05) is 11.8 Å². The molecule has 0 bridgehead atoms.